The minimum atomic E-state index is -0.0397. The van der Waals surface area contributed by atoms with E-state index in [2.05, 4.69) is 5.32 Å². The van der Waals surface area contributed by atoms with E-state index in [-0.39, 0.29) is 6.23 Å². The van der Waals surface area contributed by atoms with Crippen LogP contribution in [0.3, 0.4) is 0 Å². The Balaban J connectivity index is 2.63. The van der Waals surface area contributed by atoms with Gasteiger partial charge < -0.3 is 15.2 Å². The van der Waals surface area contributed by atoms with Crippen LogP contribution in [0.25, 0.3) is 0 Å². The van der Waals surface area contributed by atoms with Crippen molar-refractivity contribution in [3.05, 3.63) is 23.8 Å². The summed E-state index contributed by atoms with van der Waals surface area (Å²) in [5, 5.41) is 12.6. The largest absolute Gasteiger partial charge is 0.508 e. The van der Waals surface area contributed by atoms with Crippen molar-refractivity contribution in [2.45, 2.75) is 27.0 Å². The van der Waals surface area contributed by atoms with Gasteiger partial charge in [-0.15, -0.1) is 0 Å². The van der Waals surface area contributed by atoms with Gasteiger partial charge in [-0.05, 0) is 32.4 Å². The van der Waals surface area contributed by atoms with Gasteiger partial charge in [-0.1, -0.05) is 6.07 Å². The molecule has 3 nitrogen and oxygen atoms in total. The van der Waals surface area contributed by atoms with Gasteiger partial charge >= 0.3 is 0 Å². The fourth-order valence-corrected chi connectivity index (χ4v) is 1.23. The number of phenols is 1. The van der Waals surface area contributed by atoms with Crippen LogP contribution in [0.1, 0.15) is 19.4 Å². The molecule has 0 aliphatic rings. The lowest BCUT2D eigenvalue weighted by atomic mass is 10.2. The van der Waals surface area contributed by atoms with Gasteiger partial charge in [-0.2, -0.15) is 0 Å². The van der Waals surface area contributed by atoms with E-state index in [1.54, 1.807) is 6.07 Å². The number of benzene rings is 1. The van der Waals surface area contributed by atoms with Crippen molar-refractivity contribution in [3.63, 3.8) is 0 Å². The molecule has 0 saturated carbocycles. The van der Waals surface area contributed by atoms with Gasteiger partial charge in [-0.3, -0.25) is 0 Å². The third kappa shape index (κ3) is 2.92. The fourth-order valence-electron chi connectivity index (χ4n) is 1.23. The van der Waals surface area contributed by atoms with Crippen LogP contribution in [0.5, 0.6) is 5.75 Å². The zero-order valence-electron chi connectivity index (χ0n) is 8.87. The van der Waals surface area contributed by atoms with E-state index in [4.69, 9.17) is 4.74 Å². The van der Waals surface area contributed by atoms with Gasteiger partial charge in [0.1, 0.15) is 12.0 Å². The van der Waals surface area contributed by atoms with Crippen molar-refractivity contribution in [2.75, 3.05) is 11.9 Å². The van der Waals surface area contributed by atoms with Crippen molar-refractivity contribution in [1.82, 2.24) is 0 Å². The van der Waals surface area contributed by atoms with E-state index < -0.39 is 0 Å². The average molecular weight is 195 g/mol. The summed E-state index contributed by atoms with van der Waals surface area (Å²) < 4.78 is 5.32. The second-order valence-electron chi connectivity index (χ2n) is 3.24. The monoisotopic (exact) mass is 195 g/mol. The third-order valence-corrected chi connectivity index (χ3v) is 2.00. The Hall–Kier alpha value is -1.22. The van der Waals surface area contributed by atoms with Crippen molar-refractivity contribution in [2.24, 2.45) is 0 Å². The van der Waals surface area contributed by atoms with Crippen LogP contribution in [-0.4, -0.2) is 17.9 Å². The van der Waals surface area contributed by atoms with E-state index in [9.17, 15) is 5.11 Å². The Morgan fingerprint density at radius 3 is 2.79 bits per heavy atom. The fraction of sp³-hybridized carbons (Fsp3) is 0.455. The minimum absolute atomic E-state index is 0.0397. The molecule has 78 valence electrons. The molecular weight excluding hydrogens is 178 g/mol. The Morgan fingerprint density at radius 1 is 1.50 bits per heavy atom. The van der Waals surface area contributed by atoms with Crippen LogP contribution < -0.4 is 5.32 Å². The molecule has 14 heavy (non-hydrogen) atoms. The van der Waals surface area contributed by atoms with Crippen LogP contribution in [0.2, 0.25) is 0 Å². The minimum Gasteiger partial charge on any atom is -0.508 e. The highest BCUT2D eigenvalue weighted by Gasteiger charge is 2.02. The molecule has 1 aromatic carbocycles. The van der Waals surface area contributed by atoms with Gasteiger partial charge in [0.25, 0.3) is 0 Å². The Morgan fingerprint density at radius 2 is 2.21 bits per heavy atom. The van der Waals surface area contributed by atoms with Crippen molar-refractivity contribution in [1.29, 1.82) is 0 Å². The van der Waals surface area contributed by atoms with E-state index in [0.717, 1.165) is 11.3 Å². The molecule has 1 unspecified atom stereocenters. The molecular formula is C11H17NO2. The number of hydrogen-bond donors (Lipinski definition) is 2. The van der Waals surface area contributed by atoms with Gasteiger partial charge in [-0.25, -0.2) is 0 Å². The Labute approximate surface area is 84.7 Å². The highest BCUT2D eigenvalue weighted by molar-refractivity contribution is 5.51. The first-order chi connectivity index (χ1) is 6.63. The van der Waals surface area contributed by atoms with E-state index in [0.29, 0.717) is 12.4 Å². The summed E-state index contributed by atoms with van der Waals surface area (Å²) in [6, 6.07) is 5.49. The van der Waals surface area contributed by atoms with Crippen LogP contribution in [0.4, 0.5) is 5.69 Å². The SMILES string of the molecule is CCOC(C)Nc1ccc(C)c(O)c1. The van der Waals surface area contributed by atoms with Crippen LogP contribution in [-0.2, 0) is 4.74 Å². The molecule has 0 radical (unpaired) electrons. The second kappa shape index (κ2) is 4.86. The molecule has 1 atom stereocenters. The molecule has 0 aromatic heterocycles. The average Bonchev–Trinajstić information content (AvgIpc) is 2.12. The number of anilines is 1. The standard InChI is InChI=1S/C11H17NO2/c1-4-14-9(3)12-10-6-5-8(2)11(13)7-10/h5-7,9,12-13H,4H2,1-3H3. The molecule has 1 aromatic rings. The highest BCUT2D eigenvalue weighted by Crippen LogP contribution is 2.21. The maximum absolute atomic E-state index is 9.46. The first kappa shape index (κ1) is 10.9. The summed E-state index contributed by atoms with van der Waals surface area (Å²) in [4.78, 5) is 0. The molecule has 0 heterocycles. The molecule has 0 amide bonds. The number of aromatic hydroxyl groups is 1. The summed E-state index contributed by atoms with van der Waals surface area (Å²) in [5.41, 5.74) is 1.74. The smallest absolute Gasteiger partial charge is 0.124 e. The third-order valence-electron chi connectivity index (χ3n) is 2.00. The van der Waals surface area contributed by atoms with E-state index >= 15 is 0 Å². The van der Waals surface area contributed by atoms with Gasteiger partial charge in [0.2, 0.25) is 0 Å². The predicted molar refractivity (Wildman–Crippen MR) is 57.6 cm³/mol. The summed E-state index contributed by atoms with van der Waals surface area (Å²) in [6.07, 6.45) is -0.0397. The maximum Gasteiger partial charge on any atom is 0.124 e. The Bertz CT molecular complexity index is 299. The highest BCUT2D eigenvalue weighted by atomic mass is 16.5. The first-order valence-electron chi connectivity index (χ1n) is 4.81. The maximum atomic E-state index is 9.46. The van der Waals surface area contributed by atoms with Crippen LogP contribution in [0, 0.1) is 6.92 Å². The number of aryl methyl sites for hydroxylation is 1. The predicted octanol–water partition coefficient (Wildman–Crippen LogP) is 2.50. The molecule has 2 N–H and O–H groups in total. The summed E-state index contributed by atoms with van der Waals surface area (Å²) in [7, 11) is 0. The number of nitrogens with one attached hydrogen (secondary N) is 1. The van der Waals surface area contributed by atoms with Gasteiger partial charge in [0.15, 0.2) is 0 Å². The number of rotatable bonds is 4. The summed E-state index contributed by atoms with van der Waals surface area (Å²) in [5.74, 6) is 0.304. The normalized spacial score (nSPS) is 12.5. The molecule has 3 heteroatoms. The zero-order chi connectivity index (χ0) is 10.6. The van der Waals surface area contributed by atoms with E-state index in [1.165, 1.54) is 0 Å². The van der Waals surface area contributed by atoms with Crippen molar-refractivity contribution < 1.29 is 9.84 Å². The molecule has 0 aliphatic carbocycles. The lowest BCUT2D eigenvalue weighted by molar-refractivity contribution is 0.0961. The molecule has 0 bridgehead atoms. The van der Waals surface area contributed by atoms with Crippen molar-refractivity contribution >= 4 is 5.69 Å². The summed E-state index contributed by atoms with van der Waals surface area (Å²) in [6.45, 7) is 6.42. The van der Waals surface area contributed by atoms with Crippen molar-refractivity contribution in [3.8, 4) is 5.75 Å². The van der Waals surface area contributed by atoms with Gasteiger partial charge in [0.05, 0.1) is 0 Å². The lowest BCUT2D eigenvalue weighted by Gasteiger charge is -2.15. The van der Waals surface area contributed by atoms with Gasteiger partial charge in [0, 0.05) is 18.4 Å². The molecule has 0 aliphatic heterocycles. The Kier molecular flexibility index (Phi) is 3.77. The van der Waals surface area contributed by atoms with Crippen LogP contribution in [0.15, 0.2) is 18.2 Å². The van der Waals surface area contributed by atoms with E-state index in [1.807, 2.05) is 32.9 Å². The molecule has 1 rings (SSSR count). The second-order valence-corrected chi connectivity index (χ2v) is 3.24. The molecule has 0 saturated heterocycles. The topological polar surface area (TPSA) is 41.5 Å². The van der Waals surface area contributed by atoms with Crippen LogP contribution >= 0.6 is 0 Å². The zero-order valence-corrected chi connectivity index (χ0v) is 8.87. The number of hydrogen-bond acceptors (Lipinski definition) is 3. The molecule has 0 spiro atoms. The number of phenolic OH excluding ortho intramolecular Hbond substituents is 1. The molecule has 0 fully saturated rings. The summed E-state index contributed by atoms with van der Waals surface area (Å²) >= 11 is 0. The quantitative estimate of drug-likeness (QED) is 0.725. The number of ether oxygens (including phenoxy) is 1. The first-order valence-corrected chi connectivity index (χ1v) is 4.81. The lowest BCUT2D eigenvalue weighted by Crippen LogP contribution is -2.18.